The fraction of sp³-hybridized carbons (Fsp3) is 0.538. The molecule has 0 aromatic heterocycles. The molecule has 0 aliphatic heterocycles. The average molecular weight is 238 g/mol. The standard InChI is InChI=1S/C13H18O4/c1-8-6-13(2,3)7-9(4-11(14)15)10(8)5-12(16)17/h4H,5-7H2,1-3H3,(H,14,15)(H,16,17)/b9-4-. The largest absolute Gasteiger partial charge is 0.481 e. The lowest BCUT2D eigenvalue weighted by Gasteiger charge is -2.33. The number of hydrogen-bond acceptors (Lipinski definition) is 2. The lowest BCUT2D eigenvalue weighted by Crippen LogP contribution is -2.21. The molecule has 0 saturated carbocycles. The van der Waals surface area contributed by atoms with Gasteiger partial charge in [-0.05, 0) is 36.3 Å². The van der Waals surface area contributed by atoms with E-state index in [0.29, 0.717) is 17.6 Å². The highest BCUT2D eigenvalue weighted by Gasteiger charge is 2.29. The summed E-state index contributed by atoms with van der Waals surface area (Å²) in [5.41, 5.74) is 2.30. The average Bonchev–Trinajstić information content (AvgIpc) is 2.08. The number of aliphatic carboxylic acids is 2. The molecule has 0 heterocycles. The first-order chi connectivity index (χ1) is 7.71. The Hall–Kier alpha value is -1.58. The fourth-order valence-electron chi connectivity index (χ4n) is 2.49. The van der Waals surface area contributed by atoms with Crippen molar-refractivity contribution in [3.05, 3.63) is 22.8 Å². The van der Waals surface area contributed by atoms with Crippen molar-refractivity contribution in [2.24, 2.45) is 5.41 Å². The molecule has 0 amide bonds. The van der Waals surface area contributed by atoms with Crippen LogP contribution < -0.4 is 0 Å². The maximum Gasteiger partial charge on any atom is 0.328 e. The van der Waals surface area contributed by atoms with Gasteiger partial charge in [0, 0.05) is 6.08 Å². The van der Waals surface area contributed by atoms with E-state index >= 15 is 0 Å². The Morgan fingerprint density at radius 1 is 1.29 bits per heavy atom. The third-order valence-electron chi connectivity index (χ3n) is 2.94. The van der Waals surface area contributed by atoms with Crippen molar-refractivity contribution in [1.82, 2.24) is 0 Å². The molecule has 2 N–H and O–H groups in total. The van der Waals surface area contributed by atoms with Gasteiger partial charge in [0.05, 0.1) is 6.42 Å². The molecule has 1 rings (SSSR count). The summed E-state index contributed by atoms with van der Waals surface area (Å²) < 4.78 is 0. The van der Waals surface area contributed by atoms with Gasteiger partial charge in [-0.2, -0.15) is 0 Å². The van der Waals surface area contributed by atoms with Crippen molar-refractivity contribution < 1.29 is 19.8 Å². The van der Waals surface area contributed by atoms with Gasteiger partial charge in [-0.3, -0.25) is 4.79 Å². The van der Waals surface area contributed by atoms with Crippen molar-refractivity contribution in [3.8, 4) is 0 Å². The van der Waals surface area contributed by atoms with Crippen LogP contribution in [0.25, 0.3) is 0 Å². The highest BCUT2D eigenvalue weighted by molar-refractivity contribution is 5.83. The van der Waals surface area contributed by atoms with Crippen molar-refractivity contribution in [2.45, 2.75) is 40.0 Å². The Kier molecular flexibility index (Phi) is 3.76. The maximum atomic E-state index is 10.8. The summed E-state index contributed by atoms with van der Waals surface area (Å²) in [5.74, 6) is -1.94. The molecule has 4 heteroatoms. The van der Waals surface area contributed by atoms with E-state index in [4.69, 9.17) is 10.2 Å². The van der Waals surface area contributed by atoms with E-state index in [1.165, 1.54) is 0 Å². The number of carbonyl (C=O) groups is 2. The van der Waals surface area contributed by atoms with Gasteiger partial charge >= 0.3 is 11.9 Å². The molecule has 0 radical (unpaired) electrons. The fourth-order valence-corrected chi connectivity index (χ4v) is 2.49. The summed E-state index contributed by atoms with van der Waals surface area (Å²) in [4.78, 5) is 21.6. The number of carboxylic acids is 2. The molecular weight excluding hydrogens is 220 g/mol. The predicted octanol–water partition coefficient (Wildman–Crippen LogP) is 2.61. The summed E-state index contributed by atoms with van der Waals surface area (Å²) in [6, 6.07) is 0. The van der Waals surface area contributed by atoms with E-state index in [1.54, 1.807) is 0 Å². The number of allylic oxidation sites excluding steroid dienone is 2. The van der Waals surface area contributed by atoms with E-state index < -0.39 is 11.9 Å². The smallest absolute Gasteiger partial charge is 0.328 e. The molecule has 0 aromatic rings. The van der Waals surface area contributed by atoms with E-state index in [0.717, 1.165) is 18.1 Å². The molecule has 17 heavy (non-hydrogen) atoms. The van der Waals surface area contributed by atoms with Crippen molar-refractivity contribution in [1.29, 1.82) is 0 Å². The van der Waals surface area contributed by atoms with Crippen molar-refractivity contribution in [3.63, 3.8) is 0 Å². The van der Waals surface area contributed by atoms with Gasteiger partial charge in [0.2, 0.25) is 0 Å². The van der Waals surface area contributed by atoms with Crippen molar-refractivity contribution >= 4 is 11.9 Å². The van der Waals surface area contributed by atoms with Crippen LogP contribution in [0, 0.1) is 5.41 Å². The molecule has 0 spiro atoms. The first-order valence-electron chi connectivity index (χ1n) is 5.55. The summed E-state index contributed by atoms with van der Waals surface area (Å²) in [5, 5.41) is 17.7. The quantitative estimate of drug-likeness (QED) is 0.741. The van der Waals surface area contributed by atoms with Crippen LogP contribution in [0.4, 0.5) is 0 Å². The van der Waals surface area contributed by atoms with Crippen molar-refractivity contribution in [2.75, 3.05) is 0 Å². The zero-order chi connectivity index (χ0) is 13.2. The Labute approximate surface area is 101 Å². The van der Waals surface area contributed by atoms with Crippen LogP contribution >= 0.6 is 0 Å². The predicted molar refractivity (Wildman–Crippen MR) is 63.7 cm³/mol. The minimum atomic E-state index is -1.02. The van der Waals surface area contributed by atoms with Crippen LogP contribution in [0.15, 0.2) is 22.8 Å². The molecule has 0 saturated heterocycles. The zero-order valence-corrected chi connectivity index (χ0v) is 10.4. The maximum absolute atomic E-state index is 10.8. The second-order valence-corrected chi connectivity index (χ2v) is 5.35. The van der Waals surface area contributed by atoms with Gasteiger partial charge < -0.3 is 10.2 Å². The van der Waals surface area contributed by atoms with E-state index in [9.17, 15) is 9.59 Å². The summed E-state index contributed by atoms with van der Waals surface area (Å²) in [6.45, 7) is 6.00. The van der Waals surface area contributed by atoms with Crippen LogP contribution in [0.3, 0.4) is 0 Å². The van der Waals surface area contributed by atoms with E-state index in [-0.39, 0.29) is 11.8 Å². The highest BCUT2D eigenvalue weighted by Crippen LogP contribution is 2.42. The van der Waals surface area contributed by atoms with Gasteiger partial charge in [0.1, 0.15) is 0 Å². The minimum Gasteiger partial charge on any atom is -0.481 e. The third-order valence-corrected chi connectivity index (χ3v) is 2.94. The molecule has 0 unspecified atom stereocenters. The highest BCUT2D eigenvalue weighted by atomic mass is 16.4. The summed E-state index contributed by atoms with van der Waals surface area (Å²) in [7, 11) is 0. The number of carboxylic acid groups (broad SMARTS) is 2. The van der Waals surface area contributed by atoms with Gasteiger partial charge in [-0.1, -0.05) is 19.4 Å². The van der Waals surface area contributed by atoms with Crippen LogP contribution in [0.5, 0.6) is 0 Å². The Bertz CT molecular complexity index is 413. The van der Waals surface area contributed by atoms with E-state index in [2.05, 4.69) is 13.8 Å². The number of rotatable bonds is 3. The molecule has 0 aromatic carbocycles. The van der Waals surface area contributed by atoms with Crippen LogP contribution in [-0.4, -0.2) is 22.2 Å². The van der Waals surface area contributed by atoms with Gasteiger partial charge in [-0.25, -0.2) is 4.79 Å². The Morgan fingerprint density at radius 3 is 2.35 bits per heavy atom. The first-order valence-corrected chi connectivity index (χ1v) is 5.55. The molecule has 4 nitrogen and oxygen atoms in total. The normalized spacial score (nSPS) is 21.7. The molecule has 0 fully saturated rings. The first kappa shape index (κ1) is 13.5. The molecule has 0 bridgehead atoms. The van der Waals surface area contributed by atoms with Crippen LogP contribution in [-0.2, 0) is 9.59 Å². The SMILES string of the molecule is CC1=C(CC(=O)O)/C(=C\C(=O)O)CC(C)(C)C1. The number of hydrogen-bond donors (Lipinski definition) is 2. The molecular formula is C13H18O4. The second kappa shape index (κ2) is 4.73. The monoisotopic (exact) mass is 238 g/mol. The minimum absolute atomic E-state index is 0.00658. The summed E-state index contributed by atoms with van der Waals surface area (Å²) in [6.07, 6.45) is 2.47. The molecule has 1 aliphatic carbocycles. The molecule has 94 valence electrons. The zero-order valence-electron chi connectivity index (χ0n) is 10.4. The van der Waals surface area contributed by atoms with Gasteiger partial charge in [0.25, 0.3) is 0 Å². The van der Waals surface area contributed by atoms with Gasteiger partial charge in [0.15, 0.2) is 0 Å². The lowest BCUT2D eigenvalue weighted by molar-refractivity contribution is -0.136. The Morgan fingerprint density at radius 2 is 1.88 bits per heavy atom. The lowest BCUT2D eigenvalue weighted by atomic mass is 9.71. The molecule has 1 aliphatic rings. The van der Waals surface area contributed by atoms with Crippen LogP contribution in [0.2, 0.25) is 0 Å². The molecule has 0 atom stereocenters. The van der Waals surface area contributed by atoms with E-state index in [1.807, 2.05) is 6.92 Å². The third kappa shape index (κ3) is 3.73. The van der Waals surface area contributed by atoms with Gasteiger partial charge in [-0.15, -0.1) is 0 Å². The van der Waals surface area contributed by atoms with Crippen LogP contribution in [0.1, 0.15) is 40.0 Å². The Balaban J connectivity index is 3.17. The topological polar surface area (TPSA) is 74.6 Å². The summed E-state index contributed by atoms with van der Waals surface area (Å²) >= 11 is 0. The second-order valence-electron chi connectivity index (χ2n) is 5.35.